The van der Waals surface area contributed by atoms with Gasteiger partial charge >= 0.3 is 5.97 Å². The number of hydrogen-bond acceptors (Lipinski definition) is 4. The molecule has 0 aliphatic carbocycles. The number of aryl methyl sites for hydroxylation is 1. The molecule has 0 unspecified atom stereocenters. The third kappa shape index (κ3) is 5.35. The fourth-order valence-corrected chi connectivity index (χ4v) is 2.29. The van der Waals surface area contributed by atoms with Crippen LogP contribution in [0.15, 0.2) is 48.5 Å². The summed E-state index contributed by atoms with van der Waals surface area (Å²) in [6.07, 6.45) is 0. The average molecular weight is 341 g/mol. The van der Waals surface area contributed by atoms with E-state index in [9.17, 15) is 9.59 Å². The Labute approximate surface area is 148 Å². The van der Waals surface area contributed by atoms with Crippen molar-refractivity contribution >= 4 is 11.9 Å². The maximum absolute atomic E-state index is 12.2. The molecule has 2 aromatic carbocycles. The highest BCUT2D eigenvalue weighted by molar-refractivity contribution is 5.89. The van der Waals surface area contributed by atoms with Crippen LogP contribution in [0, 0.1) is 6.92 Å². The zero-order chi connectivity index (χ0) is 18.2. The van der Waals surface area contributed by atoms with Gasteiger partial charge in [-0.25, -0.2) is 4.79 Å². The molecule has 25 heavy (non-hydrogen) atoms. The highest BCUT2D eigenvalue weighted by atomic mass is 16.5. The molecule has 0 N–H and O–H groups in total. The molecule has 0 heterocycles. The van der Waals surface area contributed by atoms with Gasteiger partial charge in [-0.05, 0) is 49.2 Å². The average Bonchev–Trinajstić information content (AvgIpc) is 2.62. The van der Waals surface area contributed by atoms with Crippen molar-refractivity contribution < 1.29 is 19.1 Å². The summed E-state index contributed by atoms with van der Waals surface area (Å²) in [5, 5.41) is 0. The number of esters is 1. The molecule has 0 bridgehead atoms. The monoisotopic (exact) mass is 341 g/mol. The molecule has 1 amide bonds. The van der Waals surface area contributed by atoms with E-state index in [1.54, 1.807) is 43.1 Å². The van der Waals surface area contributed by atoms with Crippen molar-refractivity contribution in [3.8, 4) is 5.75 Å². The Balaban J connectivity index is 1.87. The number of carbonyl (C=O) groups excluding carboxylic acids is 2. The summed E-state index contributed by atoms with van der Waals surface area (Å²) in [5.41, 5.74) is 2.71. The van der Waals surface area contributed by atoms with Gasteiger partial charge in [-0.2, -0.15) is 0 Å². The fraction of sp³-hybridized carbons (Fsp3) is 0.300. The molecule has 0 saturated heterocycles. The van der Waals surface area contributed by atoms with Gasteiger partial charge in [-0.15, -0.1) is 0 Å². The van der Waals surface area contributed by atoms with Crippen LogP contribution in [-0.2, 0) is 16.1 Å². The standard InChI is InChI=1S/C20H23NO4/c1-4-24-20(23)16-9-11-18(12-10-16)25-14-19(22)21(3)13-17-8-6-5-7-15(17)2/h5-12H,4,13-14H2,1-3H3. The first-order valence-electron chi connectivity index (χ1n) is 8.19. The van der Waals surface area contributed by atoms with Gasteiger partial charge in [0.15, 0.2) is 6.61 Å². The molecule has 2 rings (SSSR count). The fourth-order valence-electron chi connectivity index (χ4n) is 2.29. The largest absolute Gasteiger partial charge is 0.484 e. The molecule has 2 aromatic rings. The molecule has 5 heteroatoms. The number of likely N-dealkylation sites (N-methyl/N-ethyl adjacent to an activating group) is 1. The van der Waals surface area contributed by atoms with Crippen LogP contribution in [0.3, 0.4) is 0 Å². The van der Waals surface area contributed by atoms with Crippen molar-refractivity contribution in [3.05, 3.63) is 65.2 Å². The summed E-state index contributed by atoms with van der Waals surface area (Å²) in [4.78, 5) is 25.4. The Hall–Kier alpha value is -2.82. The van der Waals surface area contributed by atoms with E-state index in [0.29, 0.717) is 24.5 Å². The van der Waals surface area contributed by atoms with Crippen LogP contribution in [0.2, 0.25) is 0 Å². The first-order chi connectivity index (χ1) is 12.0. The maximum Gasteiger partial charge on any atom is 0.338 e. The zero-order valence-electron chi connectivity index (χ0n) is 14.8. The van der Waals surface area contributed by atoms with Crippen molar-refractivity contribution in [2.24, 2.45) is 0 Å². The number of amides is 1. The van der Waals surface area contributed by atoms with Crippen molar-refractivity contribution in [3.63, 3.8) is 0 Å². The number of hydrogen-bond donors (Lipinski definition) is 0. The molecule has 5 nitrogen and oxygen atoms in total. The van der Waals surface area contributed by atoms with Crippen molar-refractivity contribution in [1.82, 2.24) is 4.90 Å². The van der Waals surface area contributed by atoms with E-state index < -0.39 is 0 Å². The van der Waals surface area contributed by atoms with Gasteiger partial charge in [0.1, 0.15) is 5.75 Å². The van der Waals surface area contributed by atoms with Crippen LogP contribution >= 0.6 is 0 Å². The normalized spacial score (nSPS) is 10.2. The minimum atomic E-state index is -0.372. The quantitative estimate of drug-likeness (QED) is 0.726. The molecule has 0 radical (unpaired) electrons. The Morgan fingerprint density at radius 3 is 2.36 bits per heavy atom. The highest BCUT2D eigenvalue weighted by Gasteiger charge is 2.12. The van der Waals surface area contributed by atoms with Crippen LogP contribution in [0.5, 0.6) is 5.75 Å². The first-order valence-corrected chi connectivity index (χ1v) is 8.19. The van der Waals surface area contributed by atoms with Crippen LogP contribution in [0.25, 0.3) is 0 Å². The second kappa shape index (κ2) is 8.87. The van der Waals surface area contributed by atoms with Gasteiger partial charge in [0.05, 0.1) is 12.2 Å². The van der Waals surface area contributed by atoms with Crippen LogP contribution in [0.4, 0.5) is 0 Å². The van der Waals surface area contributed by atoms with Crippen LogP contribution in [0.1, 0.15) is 28.4 Å². The van der Waals surface area contributed by atoms with Gasteiger partial charge < -0.3 is 14.4 Å². The Kier molecular flexibility index (Phi) is 6.57. The van der Waals surface area contributed by atoms with Gasteiger partial charge in [0, 0.05) is 13.6 Å². The van der Waals surface area contributed by atoms with E-state index >= 15 is 0 Å². The minimum Gasteiger partial charge on any atom is -0.484 e. The molecule has 0 aliphatic heterocycles. The second-order valence-electron chi connectivity index (χ2n) is 5.71. The molecule has 0 spiro atoms. The van der Waals surface area contributed by atoms with E-state index in [4.69, 9.17) is 9.47 Å². The molecule has 0 aromatic heterocycles. The number of nitrogens with zero attached hydrogens (tertiary/aromatic N) is 1. The molecule has 0 atom stereocenters. The van der Waals surface area contributed by atoms with Gasteiger partial charge in [-0.3, -0.25) is 4.79 Å². The summed E-state index contributed by atoms with van der Waals surface area (Å²) in [6.45, 7) is 4.60. The van der Waals surface area contributed by atoms with E-state index in [2.05, 4.69) is 0 Å². The lowest BCUT2D eigenvalue weighted by atomic mass is 10.1. The van der Waals surface area contributed by atoms with Gasteiger partial charge in [0.2, 0.25) is 0 Å². The maximum atomic E-state index is 12.2. The number of rotatable bonds is 7. The van der Waals surface area contributed by atoms with Crippen molar-refractivity contribution in [2.75, 3.05) is 20.3 Å². The molecule has 0 saturated carbocycles. The van der Waals surface area contributed by atoms with Crippen LogP contribution in [-0.4, -0.2) is 37.0 Å². The summed E-state index contributed by atoms with van der Waals surface area (Å²) in [6, 6.07) is 14.5. The van der Waals surface area contributed by atoms with E-state index in [1.807, 2.05) is 31.2 Å². The predicted octanol–water partition coefficient (Wildman–Crippen LogP) is 3.21. The van der Waals surface area contributed by atoms with Crippen molar-refractivity contribution in [2.45, 2.75) is 20.4 Å². The van der Waals surface area contributed by atoms with E-state index in [-0.39, 0.29) is 18.5 Å². The molecular formula is C20H23NO4. The lowest BCUT2D eigenvalue weighted by Crippen LogP contribution is -2.31. The first kappa shape index (κ1) is 18.5. The SMILES string of the molecule is CCOC(=O)c1ccc(OCC(=O)N(C)Cc2ccccc2C)cc1. The third-order valence-corrected chi connectivity index (χ3v) is 3.82. The van der Waals surface area contributed by atoms with Gasteiger partial charge in [0.25, 0.3) is 5.91 Å². The second-order valence-corrected chi connectivity index (χ2v) is 5.71. The Bertz CT molecular complexity index is 725. The van der Waals surface area contributed by atoms with Gasteiger partial charge in [-0.1, -0.05) is 24.3 Å². The topological polar surface area (TPSA) is 55.8 Å². The zero-order valence-corrected chi connectivity index (χ0v) is 14.8. The smallest absolute Gasteiger partial charge is 0.338 e. The molecule has 132 valence electrons. The molecule has 0 aliphatic rings. The molecule has 0 fully saturated rings. The summed E-state index contributed by atoms with van der Waals surface area (Å²) < 4.78 is 10.4. The summed E-state index contributed by atoms with van der Waals surface area (Å²) in [5.74, 6) is 0.0477. The summed E-state index contributed by atoms with van der Waals surface area (Å²) >= 11 is 0. The number of carbonyl (C=O) groups is 2. The predicted molar refractivity (Wildman–Crippen MR) is 95.5 cm³/mol. The molecular weight excluding hydrogens is 318 g/mol. The van der Waals surface area contributed by atoms with E-state index in [0.717, 1.165) is 11.1 Å². The Morgan fingerprint density at radius 1 is 1.04 bits per heavy atom. The third-order valence-electron chi connectivity index (χ3n) is 3.82. The summed E-state index contributed by atoms with van der Waals surface area (Å²) in [7, 11) is 1.75. The minimum absolute atomic E-state index is 0.0544. The van der Waals surface area contributed by atoms with E-state index in [1.165, 1.54) is 0 Å². The number of ether oxygens (including phenoxy) is 2. The number of benzene rings is 2. The lowest BCUT2D eigenvalue weighted by molar-refractivity contribution is -0.132. The highest BCUT2D eigenvalue weighted by Crippen LogP contribution is 2.14. The Morgan fingerprint density at radius 2 is 1.72 bits per heavy atom. The van der Waals surface area contributed by atoms with Crippen molar-refractivity contribution in [1.29, 1.82) is 0 Å². The van der Waals surface area contributed by atoms with Crippen LogP contribution < -0.4 is 4.74 Å². The lowest BCUT2D eigenvalue weighted by Gasteiger charge is -2.18.